The predicted octanol–water partition coefficient (Wildman–Crippen LogP) is 3.86. The van der Waals surface area contributed by atoms with Gasteiger partial charge >= 0.3 is 0 Å². The molecule has 1 aromatic heterocycles. The standard InChI is InChI=1S/C13H18N2S/c1-11-12(16-10-15-11)5-8-13(9-14)6-3-2-4-7-13/h10H,2-8H2,1H3. The summed E-state index contributed by atoms with van der Waals surface area (Å²) in [5.41, 5.74) is 3.02. The van der Waals surface area contributed by atoms with Crippen molar-refractivity contribution in [3.05, 3.63) is 16.1 Å². The van der Waals surface area contributed by atoms with Crippen molar-refractivity contribution in [1.82, 2.24) is 4.98 Å². The molecule has 16 heavy (non-hydrogen) atoms. The average Bonchev–Trinajstić information content (AvgIpc) is 2.74. The molecule has 0 amide bonds. The summed E-state index contributed by atoms with van der Waals surface area (Å²) < 4.78 is 0. The van der Waals surface area contributed by atoms with E-state index in [0.717, 1.165) is 31.4 Å². The molecule has 0 unspecified atom stereocenters. The van der Waals surface area contributed by atoms with E-state index in [1.165, 1.54) is 24.1 Å². The summed E-state index contributed by atoms with van der Waals surface area (Å²) in [5.74, 6) is 0. The first-order valence-electron chi connectivity index (χ1n) is 6.06. The highest BCUT2D eigenvalue weighted by atomic mass is 32.1. The largest absolute Gasteiger partial charge is 0.250 e. The predicted molar refractivity (Wildman–Crippen MR) is 66.3 cm³/mol. The molecule has 0 saturated heterocycles. The number of thiazole rings is 1. The Morgan fingerprint density at radius 1 is 1.44 bits per heavy atom. The molecule has 0 spiro atoms. The molecule has 0 aromatic carbocycles. The first-order chi connectivity index (χ1) is 7.76. The maximum Gasteiger partial charge on any atom is 0.0797 e. The zero-order valence-electron chi connectivity index (χ0n) is 9.83. The zero-order valence-corrected chi connectivity index (χ0v) is 10.6. The van der Waals surface area contributed by atoms with Crippen LogP contribution in [0.15, 0.2) is 5.51 Å². The van der Waals surface area contributed by atoms with Crippen LogP contribution in [0.2, 0.25) is 0 Å². The molecule has 0 radical (unpaired) electrons. The van der Waals surface area contributed by atoms with Gasteiger partial charge in [0.1, 0.15) is 0 Å². The van der Waals surface area contributed by atoms with Crippen LogP contribution in [0.4, 0.5) is 0 Å². The van der Waals surface area contributed by atoms with Crippen LogP contribution in [0, 0.1) is 23.7 Å². The Kier molecular flexibility index (Phi) is 3.60. The van der Waals surface area contributed by atoms with Crippen molar-refractivity contribution in [3.63, 3.8) is 0 Å². The average molecular weight is 234 g/mol. The summed E-state index contributed by atoms with van der Waals surface area (Å²) in [6.07, 6.45) is 8.02. The van der Waals surface area contributed by atoms with Crippen LogP contribution >= 0.6 is 11.3 Å². The van der Waals surface area contributed by atoms with Crippen LogP contribution in [0.25, 0.3) is 0 Å². The Bertz CT molecular complexity index is 383. The molecule has 0 bridgehead atoms. The van der Waals surface area contributed by atoms with E-state index in [1.807, 2.05) is 5.51 Å². The van der Waals surface area contributed by atoms with E-state index in [9.17, 15) is 5.26 Å². The van der Waals surface area contributed by atoms with Crippen molar-refractivity contribution in [1.29, 1.82) is 5.26 Å². The fourth-order valence-electron chi connectivity index (χ4n) is 2.57. The molecule has 86 valence electrons. The smallest absolute Gasteiger partial charge is 0.0797 e. The van der Waals surface area contributed by atoms with Crippen molar-refractivity contribution in [2.75, 3.05) is 0 Å². The van der Waals surface area contributed by atoms with E-state index >= 15 is 0 Å². The second-order valence-electron chi connectivity index (χ2n) is 4.81. The van der Waals surface area contributed by atoms with Gasteiger partial charge in [0.2, 0.25) is 0 Å². The molecule has 3 heteroatoms. The van der Waals surface area contributed by atoms with E-state index in [4.69, 9.17) is 0 Å². The molecular formula is C13H18N2S. The molecule has 1 aliphatic carbocycles. The van der Waals surface area contributed by atoms with Gasteiger partial charge in [-0.2, -0.15) is 5.26 Å². The van der Waals surface area contributed by atoms with E-state index in [2.05, 4.69) is 18.0 Å². The normalized spacial score (nSPS) is 19.2. The van der Waals surface area contributed by atoms with Crippen LogP contribution in [-0.4, -0.2) is 4.98 Å². The van der Waals surface area contributed by atoms with Gasteiger partial charge in [-0.15, -0.1) is 11.3 Å². The van der Waals surface area contributed by atoms with Gasteiger partial charge in [-0.3, -0.25) is 0 Å². The third-order valence-electron chi connectivity index (χ3n) is 3.72. The Morgan fingerprint density at radius 3 is 2.75 bits per heavy atom. The van der Waals surface area contributed by atoms with Gasteiger partial charge in [0.25, 0.3) is 0 Å². The van der Waals surface area contributed by atoms with Gasteiger partial charge in [-0.25, -0.2) is 4.98 Å². The number of hydrogen-bond donors (Lipinski definition) is 0. The first kappa shape index (κ1) is 11.6. The molecule has 1 saturated carbocycles. The number of nitrogens with zero attached hydrogens (tertiary/aromatic N) is 2. The number of aryl methyl sites for hydroxylation is 2. The summed E-state index contributed by atoms with van der Waals surface area (Å²) in [5, 5.41) is 9.38. The molecule has 0 N–H and O–H groups in total. The maximum atomic E-state index is 9.38. The molecule has 1 heterocycles. The molecule has 0 atom stereocenters. The van der Waals surface area contributed by atoms with Crippen LogP contribution in [0.3, 0.4) is 0 Å². The van der Waals surface area contributed by atoms with Gasteiger partial charge in [0.05, 0.1) is 22.7 Å². The maximum absolute atomic E-state index is 9.38. The minimum absolute atomic E-state index is 0.0331. The van der Waals surface area contributed by atoms with Crippen LogP contribution in [-0.2, 0) is 6.42 Å². The summed E-state index contributed by atoms with van der Waals surface area (Å²) in [4.78, 5) is 5.63. The first-order valence-corrected chi connectivity index (χ1v) is 6.94. The topological polar surface area (TPSA) is 36.7 Å². The Balaban J connectivity index is 1.98. The van der Waals surface area contributed by atoms with E-state index in [1.54, 1.807) is 11.3 Å². The third-order valence-corrected chi connectivity index (χ3v) is 4.72. The minimum Gasteiger partial charge on any atom is -0.250 e. The Hall–Kier alpha value is -0.880. The lowest BCUT2D eigenvalue weighted by atomic mass is 9.72. The lowest BCUT2D eigenvalue weighted by Crippen LogP contribution is -2.22. The SMILES string of the molecule is Cc1ncsc1CCC1(C#N)CCCCC1. The van der Waals surface area contributed by atoms with Gasteiger partial charge in [-0.05, 0) is 32.6 Å². The number of nitriles is 1. The van der Waals surface area contributed by atoms with E-state index in [-0.39, 0.29) is 5.41 Å². The molecule has 2 nitrogen and oxygen atoms in total. The van der Waals surface area contributed by atoms with E-state index in [0.29, 0.717) is 0 Å². The lowest BCUT2D eigenvalue weighted by molar-refractivity contribution is 0.250. The van der Waals surface area contributed by atoms with Gasteiger partial charge in [-0.1, -0.05) is 19.3 Å². The van der Waals surface area contributed by atoms with Crippen LogP contribution in [0.1, 0.15) is 49.1 Å². The van der Waals surface area contributed by atoms with Crippen molar-refractivity contribution in [2.45, 2.75) is 51.9 Å². The number of hydrogen-bond acceptors (Lipinski definition) is 3. The molecule has 1 aromatic rings. The number of aromatic nitrogens is 1. The molecule has 1 aliphatic rings. The summed E-state index contributed by atoms with van der Waals surface area (Å²) in [7, 11) is 0. The third kappa shape index (κ3) is 2.44. The number of rotatable bonds is 3. The van der Waals surface area contributed by atoms with Gasteiger partial charge in [0, 0.05) is 4.88 Å². The second-order valence-corrected chi connectivity index (χ2v) is 5.75. The zero-order chi connectivity index (χ0) is 11.4. The second kappa shape index (κ2) is 4.97. The van der Waals surface area contributed by atoms with E-state index < -0.39 is 0 Å². The highest BCUT2D eigenvalue weighted by Gasteiger charge is 2.31. The Morgan fingerprint density at radius 2 is 2.19 bits per heavy atom. The quantitative estimate of drug-likeness (QED) is 0.796. The van der Waals surface area contributed by atoms with Crippen LogP contribution in [0.5, 0.6) is 0 Å². The fourth-order valence-corrected chi connectivity index (χ4v) is 3.35. The summed E-state index contributed by atoms with van der Waals surface area (Å²) >= 11 is 1.73. The molecular weight excluding hydrogens is 216 g/mol. The molecule has 1 fully saturated rings. The Labute approximate surface area is 101 Å². The van der Waals surface area contributed by atoms with Crippen molar-refractivity contribution < 1.29 is 0 Å². The minimum atomic E-state index is -0.0331. The highest BCUT2D eigenvalue weighted by Crippen LogP contribution is 2.39. The van der Waals surface area contributed by atoms with Crippen molar-refractivity contribution in [2.24, 2.45) is 5.41 Å². The monoisotopic (exact) mass is 234 g/mol. The highest BCUT2D eigenvalue weighted by molar-refractivity contribution is 7.09. The van der Waals surface area contributed by atoms with Gasteiger partial charge < -0.3 is 0 Å². The molecule has 2 rings (SSSR count). The summed E-state index contributed by atoms with van der Waals surface area (Å²) in [6.45, 7) is 2.06. The summed E-state index contributed by atoms with van der Waals surface area (Å²) in [6, 6.07) is 2.58. The van der Waals surface area contributed by atoms with Gasteiger partial charge in [0.15, 0.2) is 0 Å². The van der Waals surface area contributed by atoms with Crippen molar-refractivity contribution >= 4 is 11.3 Å². The van der Waals surface area contributed by atoms with Crippen molar-refractivity contribution in [3.8, 4) is 6.07 Å². The lowest BCUT2D eigenvalue weighted by Gasteiger charge is -2.30. The van der Waals surface area contributed by atoms with Crippen LogP contribution < -0.4 is 0 Å². The molecule has 0 aliphatic heterocycles. The fraction of sp³-hybridized carbons (Fsp3) is 0.692.